The van der Waals surface area contributed by atoms with E-state index in [2.05, 4.69) is 20.9 Å². The van der Waals surface area contributed by atoms with Gasteiger partial charge in [0.1, 0.15) is 22.5 Å². The molecular formula is C23H16BrF3N2O2S2. The van der Waals surface area contributed by atoms with Crippen molar-refractivity contribution in [1.82, 2.24) is 4.98 Å². The molecule has 10 heteroatoms. The summed E-state index contributed by atoms with van der Waals surface area (Å²) in [4.78, 5) is 16.6. The molecule has 0 aliphatic carbocycles. The van der Waals surface area contributed by atoms with Crippen LogP contribution in [0.25, 0.3) is 6.08 Å². The Bertz CT molecular complexity index is 1260. The fourth-order valence-electron chi connectivity index (χ4n) is 2.89. The summed E-state index contributed by atoms with van der Waals surface area (Å²) in [5, 5.41) is 11.2. The van der Waals surface area contributed by atoms with Gasteiger partial charge in [0.15, 0.2) is 5.78 Å². The lowest BCUT2D eigenvalue weighted by Crippen LogP contribution is -2.10. The van der Waals surface area contributed by atoms with E-state index < -0.39 is 11.9 Å². The van der Waals surface area contributed by atoms with E-state index in [4.69, 9.17) is 4.74 Å². The molecule has 33 heavy (non-hydrogen) atoms. The Labute approximate surface area is 205 Å². The number of aromatic nitrogens is 1. The number of thioether (sulfide) groups is 1. The smallest absolute Gasteiger partial charge is 0.433 e. The predicted molar refractivity (Wildman–Crippen MR) is 127 cm³/mol. The first-order valence-electron chi connectivity index (χ1n) is 9.37. The first kappa shape index (κ1) is 25.0. The molecule has 2 heterocycles. The second-order valence-corrected chi connectivity index (χ2v) is 9.59. The highest BCUT2D eigenvalue weighted by atomic mass is 79.9. The van der Waals surface area contributed by atoms with Gasteiger partial charge < -0.3 is 4.74 Å². The molecule has 0 atom stereocenters. The zero-order valence-corrected chi connectivity index (χ0v) is 20.6. The molecule has 1 aromatic carbocycles. The summed E-state index contributed by atoms with van der Waals surface area (Å²) in [5.74, 6) is 0.620. The molecule has 0 radical (unpaired) electrons. The lowest BCUT2D eigenvalue weighted by Gasteiger charge is -2.13. The van der Waals surface area contributed by atoms with Crippen LogP contribution in [-0.4, -0.2) is 17.9 Å². The van der Waals surface area contributed by atoms with Gasteiger partial charge in [-0.05, 0) is 64.3 Å². The molecule has 0 aliphatic heterocycles. The van der Waals surface area contributed by atoms with Crippen molar-refractivity contribution in [2.75, 3.05) is 7.11 Å². The number of nitrogens with zero attached hydrogens (tertiary/aromatic N) is 2. The molecule has 0 unspecified atom stereocenters. The minimum atomic E-state index is -4.61. The number of thiophene rings is 1. The molecule has 0 amide bonds. The number of carbonyl (C=O) groups is 1. The third kappa shape index (κ3) is 6.25. The number of aryl methyl sites for hydroxylation is 1. The lowest BCUT2D eigenvalue weighted by atomic mass is 10.1. The zero-order chi connectivity index (χ0) is 24.2. The Morgan fingerprint density at radius 3 is 2.70 bits per heavy atom. The number of halogens is 4. The van der Waals surface area contributed by atoms with Crippen LogP contribution in [0.4, 0.5) is 13.2 Å². The Hall–Kier alpha value is -2.61. The highest BCUT2D eigenvalue weighted by Crippen LogP contribution is 2.35. The van der Waals surface area contributed by atoms with Crippen molar-refractivity contribution in [1.29, 1.82) is 5.26 Å². The van der Waals surface area contributed by atoms with Crippen molar-refractivity contribution >= 4 is 50.9 Å². The number of alkyl halides is 3. The second-order valence-electron chi connectivity index (χ2n) is 6.80. The first-order chi connectivity index (χ1) is 15.6. The van der Waals surface area contributed by atoms with Gasteiger partial charge in [-0.3, -0.25) is 4.79 Å². The topological polar surface area (TPSA) is 63.0 Å². The van der Waals surface area contributed by atoms with E-state index in [1.807, 2.05) is 11.4 Å². The number of rotatable bonds is 7. The Morgan fingerprint density at radius 1 is 1.33 bits per heavy atom. The summed E-state index contributed by atoms with van der Waals surface area (Å²) in [6.07, 6.45) is -1.49. The third-order valence-corrected chi connectivity index (χ3v) is 7.22. The molecule has 0 bridgehead atoms. The average molecular weight is 553 g/mol. The Kier molecular flexibility index (Phi) is 8.00. The van der Waals surface area contributed by atoms with E-state index in [-0.39, 0.29) is 27.7 Å². The molecule has 0 N–H and O–H groups in total. The average Bonchev–Trinajstić information content (AvgIpc) is 3.21. The molecular weight excluding hydrogens is 537 g/mol. The van der Waals surface area contributed by atoms with Crippen molar-refractivity contribution in [2.24, 2.45) is 0 Å². The number of ketones is 1. The van der Waals surface area contributed by atoms with Gasteiger partial charge >= 0.3 is 6.18 Å². The maximum atomic E-state index is 13.2. The second kappa shape index (κ2) is 10.5. The molecule has 0 spiro atoms. The number of ether oxygens (including phenoxy) is 1. The van der Waals surface area contributed by atoms with Crippen LogP contribution in [0.2, 0.25) is 0 Å². The van der Waals surface area contributed by atoms with E-state index >= 15 is 0 Å². The SMILES string of the molecule is COc1ccc(/C=C/C(=O)c2cc(Br)cs2)cc1CSc1nc(C(F)(F)F)cc(C)c1C#N. The molecule has 0 fully saturated rings. The largest absolute Gasteiger partial charge is 0.496 e. The van der Waals surface area contributed by atoms with E-state index in [1.54, 1.807) is 30.3 Å². The summed E-state index contributed by atoms with van der Waals surface area (Å²) in [6, 6.07) is 9.83. The summed E-state index contributed by atoms with van der Waals surface area (Å²) in [7, 11) is 1.49. The number of methoxy groups -OCH3 is 1. The normalized spacial score (nSPS) is 11.5. The van der Waals surface area contributed by atoms with E-state index in [0.717, 1.165) is 27.9 Å². The van der Waals surface area contributed by atoms with Gasteiger partial charge in [-0.25, -0.2) is 4.98 Å². The fraction of sp³-hybridized carbons (Fsp3) is 0.174. The molecule has 3 rings (SSSR count). The summed E-state index contributed by atoms with van der Waals surface area (Å²) in [5.41, 5.74) is 0.699. The number of pyridine rings is 1. The number of allylic oxidation sites excluding steroid dienone is 1. The van der Waals surface area contributed by atoms with Crippen LogP contribution in [0.15, 0.2) is 51.3 Å². The van der Waals surface area contributed by atoms with E-state index in [1.165, 1.54) is 31.4 Å². The van der Waals surface area contributed by atoms with E-state index in [9.17, 15) is 23.2 Å². The van der Waals surface area contributed by atoms with Gasteiger partial charge in [0.05, 0.1) is 17.6 Å². The van der Waals surface area contributed by atoms with Gasteiger partial charge in [-0.1, -0.05) is 12.1 Å². The lowest BCUT2D eigenvalue weighted by molar-refractivity contribution is -0.141. The van der Waals surface area contributed by atoms with Crippen molar-refractivity contribution in [3.8, 4) is 11.8 Å². The third-order valence-electron chi connectivity index (χ3n) is 4.49. The molecule has 0 aliphatic rings. The summed E-state index contributed by atoms with van der Waals surface area (Å²) in [6.45, 7) is 1.45. The number of hydrogen-bond donors (Lipinski definition) is 0. The monoisotopic (exact) mass is 552 g/mol. The molecule has 2 aromatic heterocycles. The molecule has 0 saturated carbocycles. The molecule has 4 nitrogen and oxygen atoms in total. The van der Waals surface area contributed by atoms with E-state index in [0.29, 0.717) is 16.2 Å². The highest BCUT2D eigenvalue weighted by Gasteiger charge is 2.34. The summed E-state index contributed by atoms with van der Waals surface area (Å²) < 4.78 is 45.7. The molecule has 3 aromatic rings. The van der Waals surface area contributed by atoms with Crippen molar-refractivity contribution in [2.45, 2.75) is 23.9 Å². The van der Waals surface area contributed by atoms with Gasteiger partial charge in [-0.2, -0.15) is 18.4 Å². The zero-order valence-electron chi connectivity index (χ0n) is 17.4. The van der Waals surface area contributed by atoms with Crippen LogP contribution in [0.3, 0.4) is 0 Å². The number of carbonyl (C=O) groups excluding carboxylic acids is 1. The number of hydrogen-bond acceptors (Lipinski definition) is 6. The number of benzene rings is 1. The Balaban J connectivity index is 1.85. The van der Waals surface area contributed by atoms with Crippen molar-refractivity contribution < 1.29 is 22.7 Å². The highest BCUT2D eigenvalue weighted by molar-refractivity contribution is 9.10. The van der Waals surface area contributed by atoms with Gasteiger partial charge in [0.2, 0.25) is 0 Å². The quantitative estimate of drug-likeness (QED) is 0.175. The first-order valence-corrected chi connectivity index (χ1v) is 12.0. The van der Waals surface area contributed by atoms with Crippen LogP contribution in [-0.2, 0) is 11.9 Å². The van der Waals surface area contributed by atoms with Crippen LogP contribution >= 0.6 is 39.0 Å². The predicted octanol–water partition coefficient (Wildman–Crippen LogP) is 7.30. The van der Waals surface area contributed by atoms with Gasteiger partial charge in [0.25, 0.3) is 0 Å². The van der Waals surface area contributed by atoms with Gasteiger partial charge in [0, 0.05) is 21.2 Å². The molecule has 170 valence electrons. The van der Waals surface area contributed by atoms with Gasteiger partial charge in [-0.15, -0.1) is 23.1 Å². The van der Waals surface area contributed by atoms with Crippen LogP contribution in [0.5, 0.6) is 5.75 Å². The van der Waals surface area contributed by atoms with Crippen LogP contribution < -0.4 is 4.74 Å². The maximum absolute atomic E-state index is 13.2. The minimum absolute atomic E-state index is 0.00581. The Morgan fingerprint density at radius 2 is 2.09 bits per heavy atom. The van der Waals surface area contributed by atoms with Crippen LogP contribution in [0, 0.1) is 18.3 Å². The van der Waals surface area contributed by atoms with Crippen LogP contribution in [0.1, 0.15) is 37.6 Å². The standard InChI is InChI=1S/C23H16BrF3N2O2S2/c1-13-7-21(23(25,26)27)29-22(17(13)10-28)33-11-15-8-14(4-6-19(15)31-2)3-5-18(30)20-9-16(24)12-32-20/h3-9,12H,11H2,1-2H3/b5-3+. The van der Waals surface area contributed by atoms with Crippen molar-refractivity contribution in [3.05, 3.63) is 79.1 Å². The summed E-state index contributed by atoms with van der Waals surface area (Å²) >= 11 is 5.67. The van der Waals surface area contributed by atoms with Crippen molar-refractivity contribution in [3.63, 3.8) is 0 Å². The number of nitriles is 1. The fourth-order valence-corrected chi connectivity index (χ4v) is 5.27. The molecule has 0 saturated heterocycles. The maximum Gasteiger partial charge on any atom is 0.433 e. The minimum Gasteiger partial charge on any atom is -0.496 e.